The molecule has 0 spiro atoms. The molecule has 1 N–H and O–H groups in total. The average molecular weight is 280 g/mol. The molecule has 0 bridgehead atoms. The number of nitrogens with one attached hydrogen (secondary N) is 1. The van der Waals surface area contributed by atoms with Crippen molar-refractivity contribution in [1.82, 2.24) is 15.5 Å². The van der Waals surface area contributed by atoms with Crippen LogP contribution in [-0.4, -0.2) is 22.7 Å². The molecular formula is C14H18ClN3O. The third kappa shape index (κ3) is 3.55. The highest BCUT2D eigenvalue weighted by atomic mass is 35.5. The highest BCUT2D eigenvalue weighted by Crippen LogP contribution is 2.17. The largest absolute Gasteiger partial charge is 0.339 e. The molecule has 5 heteroatoms. The molecule has 1 aliphatic rings. The summed E-state index contributed by atoms with van der Waals surface area (Å²) in [5, 5.41) is 7.50. The van der Waals surface area contributed by atoms with Gasteiger partial charge in [-0.3, -0.25) is 0 Å². The molecular weight excluding hydrogens is 262 g/mol. The van der Waals surface area contributed by atoms with E-state index in [2.05, 4.69) is 15.5 Å². The number of aryl methyl sites for hydroxylation is 1. The van der Waals surface area contributed by atoms with Crippen LogP contribution in [-0.2, 0) is 6.42 Å². The van der Waals surface area contributed by atoms with Crippen molar-refractivity contribution in [1.29, 1.82) is 0 Å². The predicted molar refractivity (Wildman–Crippen MR) is 76.3 cm³/mol. The number of hydrogen-bond acceptors (Lipinski definition) is 4. The Bertz CT molecular complexity index is 494. The Labute approximate surface area is 119 Å². The summed E-state index contributed by atoms with van der Waals surface area (Å²) in [6.07, 6.45) is 4.48. The van der Waals surface area contributed by atoms with Gasteiger partial charge in [0.05, 0.1) is 0 Å². The molecule has 2 heterocycles. The van der Waals surface area contributed by atoms with E-state index in [1.54, 1.807) is 0 Å². The lowest BCUT2D eigenvalue weighted by Crippen LogP contribution is -2.21. The van der Waals surface area contributed by atoms with Crippen molar-refractivity contribution in [3.8, 4) is 11.4 Å². The summed E-state index contributed by atoms with van der Waals surface area (Å²) in [7, 11) is 0. The summed E-state index contributed by atoms with van der Waals surface area (Å²) in [6, 6.07) is 10.6. The third-order valence-electron chi connectivity index (χ3n) is 3.37. The van der Waals surface area contributed by atoms with Crippen molar-refractivity contribution >= 4 is 12.4 Å². The Morgan fingerprint density at radius 3 is 2.84 bits per heavy atom. The van der Waals surface area contributed by atoms with E-state index in [1.165, 1.54) is 12.8 Å². The van der Waals surface area contributed by atoms with Crippen molar-refractivity contribution in [3.05, 3.63) is 36.2 Å². The lowest BCUT2D eigenvalue weighted by molar-refractivity contribution is 0.369. The van der Waals surface area contributed by atoms with Gasteiger partial charge in [0.25, 0.3) is 0 Å². The second kappa shape index (κ2) is 6.68. The zero-order valence-corrected chi connectivity index (χ0v) is 11.5. The minimum atomic E-state index is 0. The van der Waals surface area contributed by atoms with E-state index in [1.807, 2.05) is 30.3 Å². The van der Waals surface area contributed by atoms with Gasteiger partial charge in [0.2, 0.25) is 11.7 Å². The number of benzene rings is 1. The van der Waals surface area contributed by atoms with Gasteiger partial charge in [-0.25, -0.2) is 0 Å². The predicted octanol–water partition coefficient (Wildman–Crippen LogP) is 2.84. The Balaban J connectivity index is 0.00000133. The van der Waals surface area contributed by atoms with Crippen LogP contribution < -0.4 is 5.32 Å². The van der Waals surface area contributed by atoms with Crippen LogP contribution in [0, 0.1) is 0 Å². The smallest absolute Gasteiger partial charge is 0.227 e. The SMILES string of the molecule is Cl.c1ccc(-c2noc(CCC3CCCN3)n2)cc1. The quantitative estimate of drug-likeness (QED) is 0.935. The van der Waals surface area contributed by atoms with Gasteiger partial charge < -0.3 is 9.84 Å². The molecule has 1 aromatic heterocycles. The van der Waals surface area contributed by atoms with Gasteiger partial charge in [-0.15, -0.1) is 12.4 Å². The van der Waals surface area contributed by atoms with Crippen LogP contribution in [0.2, 0.25) is 0 Å². The molecule has 1 aromatic carbocycles. The third-order valence-corrected chi connectivity index (χ3v) is 3.37. The van der Waals surface area contributed by atoms with Crippen molar-refractivity contribution in [2.45, 2.75) is 31.7 Å². The molecule has 3 rings (SSSR count). The first-order valence-corrected chi connectivity index (χ1v) is 6.53. The van der Waals surface area contributed by atoms with Crippen LogP contribution in [0.25, 0.3) is 11.4 Å². The lowest BCUT2D eigenvalue weighted by atomic mass is 10.1. The van der Waals surface area contributed by atoms with Crippen LogP contribution in [0.4, 0.5) is 0 Å². The fourth-order valence-corrected chi connectivity index (χ4v) is 2.36. The number of aromatic nitrogens is 2. The van der Waals surface area contributed by atoms with Crippen LogP contribution >= 0.6 is 12.4 Å². The summed E-state index contributed by atoms with van der Waals surface area (Å²) >= 11 is 0. The Morgan fingerprint density at radius 2 is 2.11 bits per heavy atom. The monoisotopic (exact) mass is 279 g/mol. The van der Waals surface area contributed by atoms with Crippen molar-refractivity contribution in [3.63, 3.8) is 0 Å². The summed E-state index contributed by atoms with van der Waals surface area (Å²) in [5.41, 5.74) is 1.01. The molecule has 4 nitrogen and oxygen atoms in total. The summed E-state index contributed by atoms with van der Waals surface area (Å²) in [6.45, 7) is 1.14. The Hall–Kier alpha value is -1.39. The maximum absolute atomic E-state index is 5.29. The van der Waals surface area contributed by atoms with Gasteiger partial charge in [-0.05, 0) is 25.8 Å². The van der Waals surface area contributed by atoms with Gasteiger partial charge in [0.1, 0.15) is 0 Å². The van der Waals surface area contributed by atoms with E-state index in [4.69, 9.17) is 4.52 Å². The molecule has 1 unspecified atom stereocenters. The molecule has 0 amide bonds. The van der Waals surface area contributed by atoms with Crippen LogP contribution in [0.15, 0.2) is 34.9 Å². The van der Waals surface area contributed by atoms with Gasteiger partial charge in [0, 0.05) is 18.0 Å². The zero-order valence-electron chi connectivity index (χ0n) is 10.7. The fraction of sp³-hybridized carbons (Fsp3) is 0.429. The van der Waals surface area contributed by atoms with Gasteiger partial charge in [-0.1, -0.05) is 35.5 Å². The first kappa shape index (κ1) is 14.0. The van der Waals surface area contributed by atoms with E-state index in [0.717, 1.165) is 30.8 Å². The summed E-state index contributed by atoms with van der Waals surface area (Å²) in [5.74, 6) is 1.42. The second-order valence-electron chi connectivity index (χ2n) is 4.71. The number of hydrogen-bond donors (Lipinski definition) is 1. The van der Waals surface area contributed by atoms with Gasteiger partial charge in [0.15, 0.2) is 0 Å². The molecule has 0 radical (unpaired) electrons. The molecule has 102 valence electrons. The Morgan fingerprint density at radius 1 is 1.26 bits per heavy atom. The topological polar surface area (TPSA) is 51.0 Å². The highest BCUT2D eigenvalue weighted by Gasteiger charge is 2.15. The molecule has 2 aromatic rings. The molecule has 1 aliphatic heterocycles. The number of nitrogens with zero attached hydrogens (tertiary/aromatic N) is 2. The Kier molecular flexibility index (Phi) is 4.93. The van der Waals surface area contributed by atoms with Gasteiger partial charge >= 0.3 is 0 Å². The van der Waals surface area contributed by atoms with Gasteiger partial charge in [-0.2, -0.15) is 4.98 Å². The highest BCUT2D eigenvalue weighted by molar-refractivity contribution is 5.85. The fourth-order valence-electron chi connectivity index (χ4n) is 2.36. The van der Waals surface area contributed by atoms with E-state index in [0.29, 0.717) is 11.9 Å². The van der Waals surface area contributed by atoms with Crippen LogP contribution in [0.1, 0.15) is 25.2 Å². The molecule has 1 atom stereocenters. The summed E-state index contributed by atoms with van der Waals surface area (Å²) < 4.78 is 5.29. The first-order chi connectivity index (χ1) is 8.92. The maximum Gasteiger partial charge on any atom is 0.227 e. The first-order valence-electron chi connectivity index (χ1n) is 6.53. The lowest BCUT2D eigenvalue weighted by Gasteiger charge is -2.06. The van der Waals surface area contributed by atoms with Crippen molar-refractivity contribution in [2.24, 2.45) is 0 Å². The number of halogens is 1. The molecule has 19 heavy (non-hydrogen) atoms. The molecule has 0 saturated carbocycles. The van der Waals surface area contributed by atoms with Crippen molar-refractivity contribution in [2.75, 3.05) is 6.54 Å². The standard InChI is InChI=1S/C14H17N3O.ClH/c1-2-5-11(6-3-1)14-16-13(18-17-14)9-8-12-7-4-10-15-12;/h1-3,5-6,12,15H,4,7-10H2;1H. The minimum absolute atomic E-state index is 0. The normalized spacial score (nSPS) is 18.2. The van der Waals surface area contributed by atoms with E-state index < -0.39 is 0 Å². The molecule has 1 fully saturated rings. The van der Waals surface area contributed by atoms with Crippen LogP contribution in [0.5, 0.6) is 0 Å². The second-order valence-corrected chi connectivity index (χ2v) is 4.71. The van der Waals surface area contributed by atoms with E-state index in [-0.39, 0.29) is 12.4 Å². The van der Waals surface area contributed by atoms with E-state index >= 15 is 0 Å². The zero-order chi connectivity index (χ0) is 12.2. The van der Waals surface area contributed by atoms with E-state index in [9.17, 15) is 0 Å². The molecule has 0 aliphatic carbocycles. The summed E-state index contributed by atoms with van der Waals surface area (Å²) in [4.78, 5) is 4.44. The average Bonchev–Trinajstić information content (AvgIpc) is 3.09. The number of rotatable bonds is 4. The van der Waals surface area contributed by atoms with Crippen LogP contribution in [0.3, 0.4) is 0 Å². The van der Waals surface area contributed by atoms with Crippen molar-refractivity contribution < 1.29 is 4.52 Å². The molecule has 1 saturated heterocycles. The minimum Gasteiger partial charge on any atom is -0.339 e. The maximum atomic E-state index is 5.29.